The number of allylic oxidation sites excluding steroid dienone is 1. The number of hydrogen-bond donors (Lipinski definition) is 12. The van der Waals surface area contributed by atoms with Gasteiger partial charge in [-0.25, -0.2) is 0 Å². The standard InChI is InChI=1S/C40H66O19/c1-17(42)21-10-13-38(50)23-7-6-19-14-20(8-11-36(19,3)22(23)9-12-37(21,38)4)56-35-30(47)32(53-5)31(18(2)55-35)59-40(52)34(49)29(46)27(44)25(58-40)16-54-39(51)33(48)28(45)26(43)24(15-41)57-39/h6,17-18,20-35,41-52H,7-16H2,1-5H3/t17?,18?,20-,21+,22?,23?,24?,25?,26+,27+,28?,29?,30-,31-,32?,33-,34-,35-,36-,37+,38-,39-,40+/m0/s1. The third-order valence-electron chi connectivity index (χ3n) is 15.7. The molecule has 0 bridgehead atoms. The predicted molar refractivity (Wildman–Crippen MR) is 198 cm³/mol. The van der Waals surface area contributed by atoms with Crippen molar-refractivity contribution in [2.24, 2.45) is 28.6 Å². The average molecular weight is 851 g/mol. The van der Waals surface area contributed by atoms with Gasteiger partial charge in [-0.15, -0.1) is 0 Å². The number of aliphatic hydroxyl groups excluding tert-OH is 9. The van der Waals surface area contributed by atoms with Crippen LogP contribution in [0.25, 0.3) is 0 Å². The summed E-state index contributed by atoms with van der Waals surface area (Å²) in [5, 5.41) is 129. The summed E-state index contributed by atoms with van der Waals surface area (Å²) in [5.41, 5.74) is -0.100. The van der Waals surface area contributed by atoms with E-state index in [1.165, 1.54) is 12.7 Å². The van der Waals surface area contributed by atoms with Gasteiger partial charge in [0.15, 0.2) is 18.5 Å². The van der Waals surface area contributed by atoms with Crippen LogP contribution >= 0.6 is 0 Å². The van der Waals surface area contributed by atoms with E-state index in [-0.39, 0.29) is 34.7 Å². The van der Waals surface area contributed by atoms with Crippen molar-refractivity contribution in [3.63, 3.8) is 0 Å². The molecule has 19 nitrogen and oxygen atoms in total. The molecule has 0 aromatic rings. The molecule has 0 aromatic heterocycles. The molecule has 3 aliphatic heterocycles. The SMILES string of the molecule is COC1[C@@H](O[C@]2(O)OC(CO[C@]3(O)OC(CO)[C@@H](O)C(O)[C@@H]3O)[C@@H](O)C(O)[C@@H]2O)C(C)O[C@@H](O[C@H]2CC[C@@]3(C)C(=CCC4C3CC[C@]3(C)[C@@H](C(C)O)CC[C@]43O)C2)[C@H]1O. The molecule has 0 amide bonds. The van der Waals surface area contributed by atoms with Gasteiger partial charge in [-0.2, -0.15) is 0 Å². The molecule has 4 aliphatic carbocycles. The quantitative estimate of drug-likeness (QED) is 0.0781. The lowest BCUT2D eigenvalue weighted by atomic mass is 9.45. The maximum absolute atomic E-state index is 12.3. The fourth-order valence-electron chi connectivity index (χ4n) is 12.1. The first-order chi connectivity index (χ1) is 27.6. The van der Waals surface area contributed by atoms with Gasteiger partial charge in [0.25, 0.3) is 0 Å². The number of rotatable bonds is 10. The molecule has 7 rings (SSSR count). The van der Waals surface area contributed by atoms with Gasteiger partial charge >= 0.3 is 11.9 Å². The van der Waals surface area contributed by atoms with E-state index in [1.807, 2.05) is 6.92 Å². The normalized spacial score (nSPS) is 55.7. The van der Waals surface area contributed by atoms with E-state index in [9.17, 15) is 61.3 Å². The number of hydrogen-bond acceptors (Lipinski definition) is 19. The highest BCUT2D eigenvalue weighted by atomic mass is 16.9. The zero-order valence-corrected chi connectivity index (χ0v) is 34.3. The molecule has 0 spiro atoms. The van der Waals surface area contributed by atoms with Crippen LogP contribution in [0.1, 0.15) is 79.1 Å². The highest BCUT2D eigenvalue weighted by Gasteiger charge is 2.67. The topological polar surface area (TPSA) is 307 Å². The predicted octanol–water partition coefficient (Wildman–Crippen LogP) is -2.78. The molecule has 7 aliphatic rings. The summed E-state index contributed by atoms with van der Waals surface area (Å²) in [6, 6.07) is 0. The van der Waals surface area contributed by atoms with Crippen LogP contribution < -0.4 is 0 Å². The molecule has 0 aromatic carbocycles. The van der Waals surface area contributed by atoms with E-state index < -0.39 is 116 Å². The smallest absolute Gasteiger partial charge is 0.311 e. The molecule has 0 radical (unpaired) electrons. The van der Waals surface area contributed by atoms with Crippen molar-refractivity contribution in [1.29, 1.82) is 0 Å². The molecule has 3 saturated heterocycles. The molecule has 19 heteroatoms. The Bertz CT molecular complexity index is 1520. The third-order valence-corrected chi connectivity index (χ3v) is 15.7. The second-order valence-electron chi connectivity index (χ2n) is 18.8. The summed E-state index contributed by atoms with van der Waals surface area (Å²) < 4.78 is 39.7. The van der Waals surface area contributed by atoms with Crippen LogP contribution in [0, 0.1) is 28.6 Å². The van der Waals surface area contributed by atoms with Crippen molar-refractivity contribution in [3.05, 3.63) is 11.6 Å². The minimum atomic E-state index is -3.12. The van der Waals surface area contributed by atoms with E-state index in [2.05, 4.69) is 19.9 Å². The highest BCUT2D eigenvalue weighted by molar-refractivity contribution is 5.28. The summed E-state index contributed by atoms with van der Waals surface area (Å²) in [6.45, 7) is 5.96. The summed E-state index contributed by atoms with van der Waals surface area (Å²) in [5.74, 6) is -5.76. The molecule has 3 saturated carbocycles. The van der Waals surface area contributed by atoms with Crippen LogP contribution in [-0.2, 0) is 33.2 Å². The Labute approximate surface area is 343 Å². The third kappa shape index (κ3) is 7.46. The van der Waals surface area contributed by atoms with Crippen molar-refractivity contribution in [3.8, 4) is 0 Å². The van der Waals surface area contributed by atoms with Crippen molar-refractivity contribution in [2.45, 2.75) is 188 Å². The van der Waals surface area contributed by atoms with Gasteiger partial charge in [0.1, 0.15) is 54.9 Å². The number of fused-ring (bicyclic) bond motifs is 5. The molecule has 12 N–H and O–H groups in total. The Morgan fingerprint density at radius 2 is 1.44 bits per heavy atom. The van der Waals surface area contributed by atoms with Crippen LogP contribution in [0.2, 0.25) is 0 Å². The van der Waals surface area contributed by atoms with E-state index in [1.54, 1.807) is 6.92 Å². The molecular formula is C40H66O19. The van der Waals surface area contributed by atoms with Crippen LogP contribution in [0.15, 0.2) is 11.6 Å². The Morgan fingerprint density at radius 3 is 2.08 bits per heavy atom. The summed E-state index contributed by atoms with van der Waals surface area (Å²) in [4.78, 5) is 0. The number of methoxy groups -OCH3 is 1. The summed E-state index contributed by atoms with van der Waals surface area (Å²) in [6.07, 6.45) is -14.8. The molecule has 3 heterocycles. The maximum atomic E-state index is 12.3. The molecule has 340 valence electrons. The minimum absolute atomic E-state index is 0.0584. The lowest BCUT2D eigenvalue weighted by Gasteiger charge is -2.61. The lowest BCUT2D eigenvalue weighted by molar-refractivity contribution is -0.486. The van der Waals surface area contributed by atoms with Gasteiger partial charge in [-0.3, -0.25) is 0 Å². The van der Waals surface area contributed by atoms with E-state index >= 15 is 0 Å². The van der Waals surface area contributed by atoms with Crippen molar-refractivity contribution in [1.82, 2.24) is 0 Å². The van der Waals surface area contributed by atoms with Crippen LogP contribution in [0.3, 0.4) is 0 Å². The molecule has 23 atom stereocenters. The second kappa shape index (κ2) is 16.5. The first-order valence-corrected chi connectivity index (χ1v) is 21.0. The fraction of sp³-hybridized carbons (Fsp3) is 0.950. The second-order valence-corrected chi connectivity index (χ2v) is 18.8. The Kier molecular flexibility index (Phi) is 12.9. The van der Waals surface area contributed by atoms with Gasteiger partial charge in [0, 0.05) is 12.5 Å². The Morgan fingerprint density at radius 1 is 0.797 bits per heavy atom. The maximum Gasteiger partial charge on any atom is 0.311 e. The summed E-state index contributed by atoms with van der Waals surface area (Å²) >= 11 is 0. The minimum Gasteiger partial charge on any atom is -0.394 e. The zero-order chi connectivity index (χ0) is 43.2. The lowest BCUT2D eigenvalue weighted by Crippen LogP contribution is -2.70. The first kappa shape index (κ1) is 46.0. The molecule has 9 unspecified atom stereocenters. The Hall–Kier alpha value is -1.02. The van der Waals surface area contributed by atoms with Crippen molar-refractivity contribution >= 4 is 0 Å². The van der Waals surface area contributed by atoms with Crippen molar-refractivity contribution < 1.29 is 94.4 Å². The van der Waals surface area contributed by atoms with Crippen LogP contribution in [0.5, 0.6) is 0 Å². The largest absolute Gasteiger partial charge is 0.394 e. The molecular weight excluding hydrogens is 784 g/mol. The summed E-state index contributed by atoms with van der Waals surface area (Å²) in [7, 11) is 1.28. The number of aliphatic hydroxyl groups is 12. The average Bonchev–Trinajstić information content (AvgIpc) is 3.48. The Balaban J connectivity index is 0.999. The zero-order valence-electron chi connectivity index (χ0n) is 34.3. The van der Waals surface area contributed by atoms with Gasteiger partial charge in [-0.1, -0.05) is 25.5 Å². The molecule has 59 heavy (non-hydrogen) atoms. The van der Waals surface area contributed by atoms with Crippen LogP contribution in [-0.4, -0.2) is 191 Å². The van der Waals surface area contributed by atoms with Crippen molar-refractivity contribution in [2.75, 3.05) is 20.3 Å². The fourth-order valence-corrected chi connectivity index (χ4v) is 12.1. The monoisotopic (exact) mass is 850 g/mol. The van der Waals surface area contributed by atoms with Crippen LogP contribution in [0.4, 0.5) is 0 Å². The first-order valence-electron chi connectivity index (χ1n) is 21.0. The van der Waals surface area contributed by atoms with Gasteiger partial charge < -0.3 is 94.4 Å². The van der Waals surface area contributed by atoms with Gasteiger partial charge in [-0.05, 0) is 88.4 Å². The van der Waals surface area contributed by atoms with Gasteiger partial charge in [0.05, 0.1) is 37.1 Å². The van der Waals surface area contributed by atoms with E-state index in [0.717, 1.165) is 32.1 Å². The van der Waals surface area contributed by atoms with E-state index in [0.29, 0.717) is 19.3 Å². The molecule has 6 fully saturated rings. The van der Waals surface area contributed by atoms with Gasteiger partial charge in [0.2, 0.25) is 0 Å². The number of ether oxygens (including phenoxy) is 7. The highest BCUT2D eigenvalue weighted by Crippen LogP contribution is 2.68. The van der Waals surface area contributed by atoms with E-state index in [4.69, 9.17) is 33.2 Å².